The Morgan fingerprint density at radius 3 is 2.47 bits per heavy atom. The third kappa shape index (κ3) is 2.20. The van der Waals surface area contributed by atoms with E-state index in [0.717, 1.165) is 25.8 Å². The molecule has 0 aromatic rings. The second-order valence-electron chi connectivity index (χ2n) is 6.14. The third-order valence-corrected chi connectivity index (χ3v) is 4.38. The van der Waals surface area contributed by atoms with E-state index in [1.54, 1.807) is 4.90 Å². The van der Waals surface area contributed by atoms with E-state index in [2.05, 4.69) is 5.32 Å². The number of hydrogen-bond donors (Lipinski definition) is 2. The van der Waals surface area contributed by atoms with Crippen molar-refractivity contribution in [2.24, 2.45) is 5.92 Å². The van der Waals surface area contributed by atoms with E-state index in [9.17, 15) is 9.90 Å². The third-order valence-electron chi connectivity index (χ3n) is 4.38. The van der Waals surface area contributed by atoms with Gasteiger partial charge in [-0.1, -0.05) is 13.8 Å². The summed E-state index contributed by atoms with van der Waals surface area (Å²) in [6.07, 6.45) is 3.17. The molecule has 0 saturated carbocycles. The summed E-state index contributed by atoms with van der Waals surface area (Å²) in [5.74, 6) is 0.362. The van der Waals surface area contributed by atoms with Crippen molar-refractivity contribution in [1.29, 1.82) is 0 Å². The van der Waals surface area contributed by atoms with Crippen LogP contribution in [0.1, 0.15) is 40.0 Å². The maximum absolute atomic E-state index is 12.4. The van der Waals surface area contributed by atoms with E-state index < -0.39 is 11.1 Å². The van der Waals surface area contributed by atoms with Crippen molar-refractivity contribution in [1.82, 2.24) is 10.2 Å². The van der Waals surface area contributed by atoms with Crippen molar-refractivity contribution >= 4 is 5.91 Å². The maximum atomic E-state index is 12.4. The molecule has 2 N–H and O–H groups in total. The fraction of sp³-hybridized carbons (Fsp3) is 0.923. The van der Waals surface area contributed by atoms with Crippen LogP contribution in [0.5, 0.6) is 0 Å². The molecule has 2 rings (SSSR count). The SMILES string of the molecule is CC(C)C1(O)CN(C(=O)C2(C)CCCCN2)C1. The van der Waals surface area contributed by atoms with Crippen LogP contribution in [0.4, 0.5) is 0 Å². The number of rotatable bonds is 2. The van der Waals surface area contributed by atoms with Gasteiger partial charge in [0.2, 0.25) is 5.91 Å². The van der Waals surface area contributed by atoms with E-state index in [4.69, 9.17) is 0 Å². The van der Waals surface area contributed by atoms with Gasteiger partial charge in [-0.25, -0.2) is 0 Å². The molecular weight excluding hydrogens is 216 g/mol. The maximum Gasteiger partial charge on any atom is 0.242 e. The van der Waals surface area contributed by atoms with Gasteiger partial charge in [0.15, 0.2) is 0 Å². The Balaban J connectivity index is 1.95. The second-order valence-corrected chi connectivity index (χ2v) is 6.14. The predicted molar refractivity (Wildman–Crippen MR) is 66.6 cm³/mol. The lowest BCUT2D eigenvalue weighted by Gasteiger charge is -2.52. The van der Waals surface area contributed by atoms with E-state index >= 15 is 0 Å². The van der Waals surface area contributed by atoms with Crippen LogP contribution in [0.15, 0.2) is 0 Å². The van der Waals surface area contributed by atoms with Gasteiger partial charge in [-0.15, -0.1) is 0 Å². The average Bonchev–Trinajstić information content (AvgIpc) is 2.24. The van der Waals surface area contributed by atoms with Crippen LogP contribution in [-0.2, 0) is 4.79 Å². The number of likely N-dealkylation sites (tertiary alicyclic amines) is 1. The molecule has 17 heavy (non-hydrogen) atoms. The zero-order chi connectivity index (χ0) is 12.7. The van der Waals surface area contributed by atoms with Gasteiger partial charge in [0.1, 0.15) is 5.60 Å². The molecule has 0 spiro atoms. The number of hydrogen-bond acceptors (Lipinski definition) is 3. The summed E-state index contributed by atoms with van der Waals surface area (Å²) in [5, 5.41) is 13.5. The van der Waals surface area contributed by atoms with Crippen molar-refractivity contribution < 1.29 is 9.90 Å². The Morgan fingerprint density at radius 2 is 2.00 bits per heavy atom. The van der Waals surface area contributed by atoms with Gasteiger partial charge in [-0.3, -0.25) is 4.79 Å². The Hall–Kier alpha value is -0.610. The standard InChI is InChI=1S/C13H24N2O2/c1-10(2)13(17)8-15(9-13)11(16)12(3)6-4-5-7-14-12/h10,14,17H,4-9H2,1-3H3. The van der Waals surface area contributed by atoms with E-state index in [0.29, 0.717) is 13.1 Å². The zero-order valence-electron chi connectivity index (χ0n) is 11.1. The number of nitrogens with zero attached hydrogens (tertiary/aromatic N) is 1. The molecule has 2 aliphatic heterocycles. The van der Waals surface area contributed by atoms with E-state index in [1.165, 1.54) is 0 Å². The van der Waals surface area contributed by atoms with Crippen LogP contribution in [-0.4, -0.2) is 46.7 Å². The number of aliphatic hydroxyl groups is 1. The van der Waals surface area contributed by atoms with Crippen LogP contribution in [0, 0.1) is 5.92 Å². The molecule has 0 bridgehead atoms. The molecule has 2 fully saturated rings. The minimum absolute atomic E-state index is 0.155. The van der Waals surface area contributed by atoms with Crippen molar-refractivity contribution in [3.8, 4) is 0 Å². The van der Waals surface area contributed by atoms with Gasteiger partial charge >= 0.3 is 0 Å². The quantitative estimate of drug-likeness (QED) is 0.749. The number of piperidine rings is 1. The van der Waals surface area contributed by atoms with Crippen LogP contribution in [0.2, 0.25) is 0 Å². The molecule has 2 heterocycles. The molecule has 2 aliphatic rings. The molecule has 0 aromatic heterocycles. The monoisotopic (exact) mass is 240 g/mol. The number of amides is 1. The Bertz CT molecular complexity index is 303. The summed E-state index contributed by atoms with van der Waals surface area (Å²) in [6.45, 7) is 7.89. The highest BCUT2D eigenvalue weighted by molar-refractivity contribution is 5.87. The van der Waals surface area contributed by atoms with Crippen LogP contribution in [0.3, 0.4) is 0 Å². The highest BCUT2D eigenvalue weighted by Gasteiger charge is 2.49. The van der Waals surface area contributed by atoms with Gasteiger partial charge < -0.3 is 15.3 Å². The molecule has 98 valence electrons. The minimum atomic E-state index is -0.666. The molecule has 2 saturated heterocycles. The molecule has 0 radical (unpaired) electrons. The lowest BCUT2D eigenvalue weighted by atomic mass is 9.80. The Labute approximate surface area is 103 Å². The first-order valence-electron chi connectivity index (χ1n) is 6.64. The summed E-state index contributed by atoms with van der Waals surface area (Å²) in [5.41, 5.74) is -1.07. The highest BCUT2D eigenvalue weighted by Crippen LogP contribution is 2.32. The molecule has 0 aliphatic carbocycles. The lowest BCUT2D eigenvalue weighted by molar-refractivity contribution is -0.170. The van der Waals surface area contributed by atoms with E-state index in [1.807, 2.05) is 20.8 Å². The fourth-order valence-electron chi connectivity index (χ4n) is 2.71. The van der Waals surface area contributed by atoms with Gasteiger partial charge in [-0.2, -0.15) is 0 Å². The summed E-state index contributed by atoms with van der Waals surface area (Å²) >= 11 is 0. The number of nitrogens with one attached hydrogen (secondary N) is 1. The van der Waals surface area contributed by atoms with E-state index in [-0.39, 0.29) is 11.8 Å². The van der Waals surface area contributed by atoms with Crippen molar-refractivity contribution in [3.05, 3.63) is 0 Å². The number of carbonyl (C=O) groups excluding carboxylic acids is 1. The molecule has 1 unspecified atom stereocenters. The first-order valence-corrected chi connectivity index (χ1v) is 6.64. The predicted octanol–water partition coefficient (Wildman–Crippen LogP) is 0.748. The molecular formula is C13H24N2O2. The summed E-state index contributed by atoms with van der Waals surface area (Å²) in [4.78, 5) is 14.2. The second kappa shape index (κ2) is 4.25. The number of carbonyl (C=O) groups is 1. The number of β-amino-alcohol motifs (C(OH)–C–C–N with tert-alkyl or cyclic N) is 1. The van der Waals surface area contributed by atoms with Crippen LogP contribution >= 0.6 is 0 Å². The fourth-order valence-corrected chi connectivity index (χ4v) is 2.71. The van der Waals surface area contributed by atoms with Crippen molar-refractivity contribution in [2.75, 3.05) is 19.6 Å². The summed E-state index contributed by atoms with van der Waals surface area (Å²) in [6, 6.07) is 0. The Morgan fingerprint density at radius 1 is 1.35 bits per heavy atom. The molecule has 1 amide bonds. The van der Waals surface area contributed by atoms with Crippen molar-refractivity contribution in [2.45, 2.75) is 51.2 Å². The van der Waals surface area contributed by atoms with Gasteiger partial charge in [0.05, 0.1) is 18.6 Å². The lowest BCUT2D eigenvalue weighted by Crippen LogP contribution is -2.71. The first-order chi connectivity index (χ1) is 7.87. The highest BCUT2D eigenvalue weighted by atomic mass is 16.3. The topological polar surface area (TPSA) is 52.6 Å². The minimum Gasteiger partial charge on any atom is -0.386 e. The van der Waals surface area contributed by atoms with Crippen LogP contribution in [0.25, 0.3) is 0 Å². The zero-order valence-corrected chi connectivity index (χ0v) is 11.1. The first kappa shape index (κ1) is 12.8. The molecule has 4 nitrogen and oxygen atoms in total. The molecule has 4 heteroatoms. The largest absolute Gasteiger partial charge is 0.386 e. The van der Waals surface area contributed by atoms with Gasteiger partial charge in [-0.05, 0) is 38.6 Å². The molecule has 0 aromatic carbocycles. The normalized spacial score (nSPS) is 32.4. The summed E-state index contributed by atoms with van der Waals surface area (Å²) in [7, 11) is 0. The summed E-state index contributed by atoms with van der Waals surface area (Å²) < 4.78 is 0. The molecule has 1 atom stereocenters. The van der Waals surface area contributed by atoms with Gasteiger partial charge in [0, 0.05) is 0 Å². The Kier molecular flexibility index (Phi) is 3.21. The van der Waals surface area contributed by atoms with Crippen molar-refractivity contribution in [3.63, 3.8) is 0 Å². The smallest absolute Gasteiger partial charge is 0.242 e. The van der Waals surface area contributed by atoms with Crippen LogP contribution < -0.4 is 5.32 Å². The van der Waals surface area contributed by atoms with Gasteiger partial charge in [0.25, 0.3) is 0 Å². The average molecular weight is 240 g/mol.